The number of hydrogen-bond donors (Lipinski definition) is 2. The molecule has 2 heterocycles. The van der Waals surface area contributed by atoms with Gasteiger partial charge in [0.05, 0.1) is 5.69 Å². The maximum atomic E-state index is 9.04. The zero-order valence-electron chi connectivity index (χ0n) is 10.7. The van der Waals surface area contributed by atoms with Crippen LogP contribution in [0.4, 0.5) is 11.5 Å². The number of nitriles is 1. The highest BCUT2D eigenvalue weighted by Gasteiger charge is 2.17. The number of halogens is 1. The van der Waals surface area contributed by atoms with Gasteiger partial charge in [-0.25, -0.2) is 9.97 Å². The lowest BCUT2D eigenvalue weighted by Crippen LogP contribution is -2.26. The molecule has 2 aromatic rings. The predicted octanol–water partition coefficient (Wildman–Crippen LogP) is 2.50. The number of anilines is 2. The number of nitrogens with zero attached hydrogens (tertiary/aromatic N) is 3. The van der Waals surface area contributed by atoms with Gasteiger partial charge in [-0.3, -0.25) is 0 Å². The van der Waals surface area contributed by atoms with Crippen LogP contribution in [-0.4, -0.2) is 16.5 Å². The minimum Gasteiger partial charge on any atom is -0.340 e. The fourth-order valence-electron chi connectivity index (χ4n) is 2.17. The summed E-state index contributed by atoms with van der Waals surface area (Å²) in [5.41, 5.74) is 2.93. The summed E-state index contributed by atoms with van der Waals surface area (Å²) < 4.78 is 1.02. The van der Waals surface area contributed by atoms with Crippen molar-refractivity contribution in [3.8, 4) is 6.07 Å². The van der Waals surface area contributed by atoms with Gasteiger partial charge in [0.15, 0.2) is 0 Å². The first-order valence-corrected chi connectivity index (χ1v) is 7.09. The van der Waals surface area contributed by atoms with Crippen molar-refractivity contribution in [3.63, 3.8) is 0 Å². The van der Waals surface area contributed by atoms with Crippen LogP contribution in [0.1, 0.15) is 17.1 Å². The molecule has 0 saturated heterocycles. The predicted molar refractivity (Wildman–Crippen MR) is 79.6 cm³/mol. The third-order valence-corrected chi connectivity index (χ3v) is 3.67. The molecule has 0 spiro atoms. The summed E-state index contributed by atoms with van der Waals surface area (Å²) in [4.78, 5) is 8.58. The Bertz CT molecular complexity index is 675. The van der Waals surface area contributed by atoms with Crippen molar-refractivity contribution in [2.45, 2.75) is 13.0 Å². The molecule has 0 radical (unpaired) electrons. The molecule has 2 N–H and O–H groups in total. The zero-order valence-corrected chi connectivity index (χ0v) is 12.2. The van der Waals surface area contributed by atoms with Gasteiger partial charge in [-0.2, -0.15) is 5.26 Å². The van der Waals surface area contributed by atoms with Gasteiger partial charge in [-0.15, -0.1) is 0 Å². The summed E-state index contributed by atoms with van der Waals surface area (Å²) in [7, 11) is 0. The van der Waals surface area contributed by atoms with Crippen molar-refractivity contribution >= 4 is 27.4 Å². The minimum absolute atomic E-state index is 0.213. The van der Waals surface area contributed by atoms with E-state index in [-0.39, 0.29) is 5.82 Å². The first-order chi connectivity index (χ1) is 9.76. The largest absolute Gasteiger partial charge is 0.340 e. The average Bonchev–Trinajstić information content (AvgIpc) is 2.49. The van der Waals surface area contributed by atoms with Crippen LogP contribution in [0.2, 0.25) is 0 Å². The molecule has 6 heteroatoms. The molecule has 1 aliphatic heterocycles. The average molecular weight is 330 g/mol. The maximum Gasteiger partial charge on any atom is 0.234 e. The molecule has 20 heavy (non-hydrogen) atoms. The number of aromatic nitrogens is 2. The van der Waals surface area contributed by atoms with Crippen molar-refractivity contribution in [1.82, 2.24) is 15.3 Å². The molecule has 1 aliphatic rings. The summed E-state index contributed by atoms with van der Waals surface area (Å²) in [6.45, 7) is 1.60. The molecule has 1 aromatic carbocycles. The molecule has 5 nitrogen and oxygen atoms in total. The van der Waals surface area contributed by atoms with E-state index in [4.69, 9.17) is 5.26 Å². The third kappa shape index (κ3) is 2.64. The van der Waals surface area contributed by atoms with Gasteiger partial charge in [-0.05, 0) is 24.3 Å². The van der Waals surface area contributed by atoms with Crippen molar-refractivity contribution in [3.05, 3.63) is 45.8 Å². The summed E-state index contributed by atoms with van der Waals surface area (Å²) in [6.07, 6.45) is 0.821. The van der Waals surface area contributed by atoms with Crippen LogP contribution in [0, 0.1) is 11.3 Å². The maximum absolute atomic E-state index is 9.04. The Labute approximate surface area is 125 Å². The highest BCUT2D eigenvalue weighted by molar-refractivity contribution is 9.10. The van der Waals surface area contributed by atoms with E-state index in [0.717, 1.165) is 40.9 Å². The van der Waals surface area contributed by atoms with Gasteiger partial charge in [0, 0.05) is 35.2 Å². The lowest BCUT2D eigenvalue weighted by Gasteiger charge is -2.19. The smallest absolute Gasteiger partial charge is 0.234 e. The second-order valence-electron chi connectivity index (χ2n) is 4.49. The first kappa shape index (κ1) is 13.0. The molecule has 0 bridgehead atoms. The van der Waals surface area contributed by atoms with Crippen LogP contribution < -0.4 is 10.6 Å². The summed E-state index contributed by atoms with van der Waals surface area (Å²) in [6, 6.07) is 9.86. The van der Waals surface area contributed by atoms with E-state index in [1.165, 1.54) is 0 Å². The van der Waals surface area contributed by atoms with Crippen molar-refractivity contribution in [2.24, 2.45) is 0 Å². The topological polar surface area (TPSA) is 73.6 Å². The second-order valence-corrected chi connectivity index (χ2v) is 5.41. The Balaban J connectivity index is 1.99. The van der Waals surface area contributed by atoms with Gasteiger partial charge in [-0.1, -0.05) is 15.9 Å². The molecular weight excluding hydrogens is 318 g/mol. The van der Waals surface area contributed by atoms with Crippen molar-refractivity contribution < 1.29 is 0 Å². The Morgan fingerprint density at radius 2 is 2.05 bits per heavy atom. The number of fused-ring (bicyclic) bond motifs is 1. The number of nitrogens with one attached hydrogen (secondary N) is 2. The highest BCUT2D eigenvalue weighted by Crippen LogP contribution is 2.24. The molecule has 100 valence electrons. The molecule has 1 aromatic heterocycles. The Hall–Kier alpha value is -1.97. The second kappa shape index (κ2) is 5.57. The highest BCUT2D eigenvalue weighted by atomic mass is 79.9. The summed E-state index contributed by atoms with van der Waals surface area (Å²) in [5, 5.41) is 15.6. The van der Waals surface area contributed by atoms with Gasteiger partial charge in [0.1, 0.15) is 11.9 Å². The van der Waals surface area contributed by atoms with E-state index >= 15 is 0 Å². The summed E-state index contributed by atoms with van der Waals surface area (Å²) in [5.74, 6) is 0.923. The van der Waals surface area contributed by atoms with E-state index in [1.54, 1.807) is 0 Å². The number of rotatable bonds is 2. The van der Waals surface area contributed by atoms with Gasteiger partial charge in [0.2, 0.25) is 5.82 Å². The van der Waals surface area contributed by atoms with Crippen molar-refractivity contribution in [2.75, 3.05) is 11.9 Å². The van der Waals surface area contributed by atoms with Crippen molar-refractivity contribution in [1.29, 1.82) is 5.26 Å². The van der Waals surface area contributed by atoms with E-state index in [2.05, 4.69) is 36.5 Å². The quantitative estimate of drug-likeness (QED) is 0.885. The molecule has 0 unspecified atom stereocenters. The standard InChI is InChI=1S/C14H12BrN5/c15-9-1-3-10(4-2-9)18-14-11-8-17-6-5-12(11)19-13(7-16)20-14/h1-4,17H,5-6,8H2,(H,18,19,20). The Kier molecular flexibility index (Phi) is 3.63. The van der Waals surface area contributed by atoms with Crippen LogP contribution in [0.5, 0.6) is 0 Å². The number of hydrogen-bond acceptors (Lipinski definition) is 5. The van der Waals surface area contributed by atoms with Crippen LogP contribution in [0.3, 0.4) is 0 Å². The number of benzene rings is 1. The fourth-order valence-corrected chi connectivity index (χ4v) is 2.43. The molecule has 3 rings (SSSR count). The minimum atomic E-state index is 0.213. The monoisotopic (exact) mass is 329 g/mol. The van der Waals surface area contributed by atoms with Crippen LogP contribution >= 0.6 is 15.9 Å². The molecule has 0 fully saturated rings. The molecule has 0 saturated carbocycles. The van der Waals surface area contributed by atoms with E-state index in [9.17, 15) is 0 Å². The van der Waals surface area contributed by atoms with E-state index in [0.29, 0.717) is 5.82 Å². The van der Waals surface area contributed by atoms with E-state index in [1.807, 2.05) is 30.3 Å². The lowest BCUT2D eigenvalue weighted by molar-refractivity contribution is 0.626. The summed E-state index contributed by atoms with van der Waals surface area (Å²) >= 11 is 3.41. The van der Waals surface area contributed by atoms with Gasteiger partial charge < -0.3 is 10.6 Å². The van der Waals surface area contributed by atoms with Crippen LogP contribution in [0.15, 0.2) is 28.7 Å². The normalized spacial score (nSPS) is 13.4. The van der Waals surface area contributed by atoms with Gasteiger partial charge >= 0.3 is 0 Å². The fraction of sp³-hybridized carbons (Fsp3) is 0.214. The van der Waals surface area contributed by atoms with E-state index < -0.39 is 0 Å². The van der Waals surface area contributed by atoms with Crippen LogP contribution in [-0.2, 0) is 13.0 Å². The third-order valence-electron chi connectivity index (χ3n) is 3.14. The zero-order chi connectivity index (χ0) is 13.9. The Morgan fingerprint density at radius 1 is 1.25 bits per heavy atom. The molecular formula is C14H12BrN5. The van der Waals surface area contributed by atoms with Crippen LogP contribution in [0.25, 0.3) is 0 Å². The SMILES string of the molecule is N#Cc1nc2c(c(Nc3ccc(Br)cc3)n1)CNCC2. The Morgan fingerprint density at radius 3 is 2.80 bits per heavy atom. The first-order valence-electron chi connectivity index (χ1n) is 6.29. The molecule has 0 amide bonds. The molecule has 0 aliphatic carbocycles. The lowest BCUT2D eigenvalue weighted by atomic mass is 10.1. The van der Waals surface area contributed by atoms with Gasteiger partial charge in [0.25, 0.3) is 0 Å². The molecule has 0 atom stereocenters.